The molecule has 2 aromatic carbocycles. The van der Waals surface area contributed by atoms with Crippen LogP contribution in [0, 0.1) is 6.92 Å². The quantitative estimate of drug-likeness (QED) is 0.742. The topological polar surface area (TPSA) is 40.5 Å². The van der Waals surface area contributed by atoms with Crippen LogP contribution in [0.5, 0.6) is 11.5 Å². The van der Waals surface area contributed by atoms with Gasteiger partial charge in [-0.1, -0.05) is 30.3 Å². The molecular formula is C13H12O2. The molecule has 2 N–H and O–H groups in total. The number of phenolic OH excluding ortho intramolecular Hbond substituents is 2. The van der Waals surface area contributed by atoms with Crippen molar-refractivity contribution in [2.24, 2.45) is 0 Å². The van der Waals surface area contributed by atoms with E-state index >= 15 is 0 Å². The van der Waals surface area contributed by atoms with E-state index in [-0.39, 0.29) is 11.5 Å². The van der Waals surface area contributed by atoms with Crippen molar-refractivity contribution in [3.63, 3.8) is 0 Å². The average molecular weight is 200 g/mol. The van der Waals surface area contributed by atoms with Crippen LogP contribution in [0.15, 0.2) is 42.5 Å². The Balaban J connectivity index is 2.69. The minimum atomic E-state index is 0.183. The lowest BCUT2D eigenvalue weighted by Crippen LogP contribution is -1.84. The molecule has 76 valence electrons. The number of aryl methyl sites for hydroxylation is 1. The molecule has 0 saturated carbocycles. The van der Waals surface area contributed by atoms with Crippen LogP contribution < -0.4 is 0 Å². The molecule has 2 aromatic rings. The number of para-hydroxylation sites is 1. The lowest BCUT2D eigenvalue weighted by Gasteiger charge is -2.09. The largest absolute Gasteiger partial charge is 0.507 e. The molecule has 0 unspecified atom stereocenters. The summed E-state index contributed by atoms with van der Waals surface area (Å²) in [7, 11) is 0. The minimum Gasteiger partial charge on any atom is -0.507 e. The summed E-state index contributed by atoms with van der Waals surface area (Å²) >= 11 is 0. The summed E-state index contributed by atoms with van der Waals surface area (Å²) in [6.07, 6.45) is 0. The molecule has 0 fully saturated rings. The summed E-state index contributed by atoms with van der Waals surface area (Å²) in [5.41, 5.74) is 2.29. The van der Waals surface area contributed by atoms with Gasteiger partial charge in [0.15, 0.2) is 0 Å². The zero-order valence-corrected chi connectivity index (χ0v) is 8.44. The third kappa shape index (κ3) is 1.66. The van der Waals surface area contributed by atoms with Crippen LogP contribution in [-0.2, 0) is 0 Å². The fraction of sp³-hybridized carbons (Fsp3) is 0.0769. The fourth-order valence-corrected chi connectivity index (χ4v) is 1.69. The van der Waals surface area contributed by atoms with E-state index in [1.807, 2.05) is 19.1 Å². The second-order valence-electron chi connectivity index (χ2n) is 3.49. The van der Waals surface area contributed by atoms with E-state index in [2.05, 4.69) is 0 Å². The number of hydrogen-bond donors (Lipinski definition) is 2. The summed E-state index contributed by atoms with van der Waals surface area (Å²) in [6, 6.07) is 12.3. The SMILES string of the molecule is Cc1cccc(O)c1-c1ccccc1O. The molecule has 0 heterocycles. The lowest BCUT2D eigenvalue weighted by molar-refractivity contribution is 0.469. The van der Waals surface area contributed by atoms with E-state index in [0.717, 1.165) is 5.56 Å². The first-order chi connectivity index (χ1) is 7.20. The first kappa shape index (κ1) is 9.59. The molecule has 0 aliphatic heterocycles. The normalized spacial score (nSPS) is 10.2. The molecule has 0 saturated heterocycles. The van der Waals surface area contributed by atoms with Crippen molar-refractivity contribution >= 4 is 0 Å². The van der Waals surface area contributed by atoms with Crippen molar-refractivity contribution in [1.29, 1.82) is 0 Å². The number of benzene rings is 2. The number of phenols is 2. The maximum Gasteiger partial charge on any atom is 0.123 e. The standard InChI is InChI=1S/C13H12O2/c1-9-5-4-8-12(15)13(9)10-6-2-3-7-11(10)14/h2-8,14-15H,1H3. The summed E-state index contributed by atoms with van der Waals surface area (Å²) in [4.78, 5) is 0. The fourth-order valence-electron chi connectivity index (χ4n) is 1.69. The number of rotatable bonds is 1. The van der Waals surface area contributed by atoms with E-state index in [1.165, 1.54) is 0 Å². The second-order valence-corrected chi connectivity index (χ2v) is 3.49. The summed E-state index contributed by atoms with van der Waals surface area (Å²) in [6.45, 7) is 1.90. The van der Waals surface area contributed by atoms with E-state index < -0.39 is 0 Å². The van der Waals surface area contributed by atoms with Gasteiger partial charge in [0.25, 0.3) is 0 Å². The van der Waals surface area contributed by atoms with E-state index in [0.29, 0.717) is 11.1 Å². The van der Waals surface area contributed by atoms with Crippen molar-refractivity contribution in [1.82, 2.24) is 0 Å². The van der Waals surface area contributed by atoms with E-state index in [9.17, 15) is 10.2 Å². The van der Waals surface area contributed by atoms with Gasteiger partial charge in [0.05, 0.1) is 0 Å². The van der Waals surface area contributed by atoms with Crippen molar-refractivity contribution in [3.8, 4) is 22.6 Å². The van der Waals surface area contributed by atoms with Gasteiger partial charge in [0.1, 0.15) is 11.5 Å². The summed E-state index contributed by atoms with van der Waals surface area (Å²) in [5.74, 6) is 0.374. The zero-order valence-electron chi connectivity index (χ0n) is 8.44. The van der Waals surface area contributed by atoms with Crippen molar-refractivity contribution in [3.05, 3.63) is 48.0 Å². The van der Waals surface area contributed by atoms with E-state index in [4.69, 9.17) is 0 Å². The molecular weight excluding hydrogens is 188 g/mol. The molecule has 0 atom stereocenters. The summed E-state index contributed by atoms with van der Waals surface area (Å²) < 4.78 is 0. The molecule has 0 spiro atoms. The lowest BCUT2D eigenvalue weighted by atomic mass is 9.99. The Labute approximate surface area is 88.4 Å². The van der Waals surface area contributed by atoms with Crippen molar-refractivity contribution in [2.75, 3.05) is 0 Å². The molecule has 0 aliphatic carbocycles. The van der Waals surface area contributed by atoms with Crippen LogP contribution in [0.4, 0.5) is 0 Å². The number of hydrogen-bond acceptors (Lipinski definition) is 2. The zero-order chi connectivity index (χ0) is 10.8. The molecule has 2 nitrogen and oxygen atoms in total. The van der Waals surface area contributed by atoms with Gasteiger partial charge in [-0.05, 0) is 24.6 Å². The minimum absolute atomic E-state index is 0.183. The Morgan fingerprint density at radius 3 is 2.13 bits per heavy atom. The molecule has 0 radical (unpaired) electrons. The van der Waals surface area contributed by atoms with Crippen molar-refractivity contribution < 1.29 is 10.2 Å². The number of aromatic hydroxyl groups is 2. The monoisotopic (exact) mass is 200 g/mol. The molecule has 15 heavy (non-hydrogen) atoms. The highest BCUT2D eigenvalue weighted by molar-refractivity contribution is 5.77. The average Bonchev–Trinajstić information content (AvgIpc) is 2.20. The molecule has 2 heteroatoms. The van der Waals surface area contributed by atoms with Crippen LogP contribution in [0.1, 0.15) is 5.56 Å². The third-order valence-electron chi connectivity index (χ3n) is 2.42. The van der Waals surface area contributed by atoms with Gasteiger partial charge in [0.2, 0.25) is 0 Å². The molecule has 0 aliphatic rings. The third-order valence-corrected chi connectivity index (χ3v) is 2.42. The molecule has 0 aromatic heterocycles. The first-order valence-corrected chi connectivity index (χ1v) is 4.77. The van der Waals surface area contributed by atoms with Crippen LogP contribution in [0.2, 0.25) is 0 Å². The highest BCUT2D eigenvalue weighted by atomic mass is 16.3. The van der Waals surface area contributed by atoms with Crippen LogP contribution >= 0.6 is 0 Å². The second kappa shape index (κ2) is 3.65. The molecule has 0 amide bonds. The Morgan fingerprint density at radius 2 is 1.47 bits per heavy atom. The van der Waals surface area contributed by atoms with Crippen LogP contribution in [0.25, 0.3) is 11.1 Å². The highest BCUT2D eigenvalue weighted by Crippen LogP contribution is 2.37. The molecule has 0 bridgehead atoms. The van der Waals surface area contributed by atoms with Crippen LogP contribution in [0.3, 0.4) is 0 Å². The highest BCUT2D eigenvalue weighted by Gasteiger charge is 2.10. The predicted molar refractivity (Wildman–Crippen MR) is 59.9 cm³/mol. The van der Waals surface area contributed by atoms with E-state index in [1.54, 1.807) is 30.3 Å². The van der Waals surface area contributed by atoms with Gasteiger partial charge in [-0.15, -0.1) is 0 Å². The maximum absolute atomic E-state index is 9.76. The Kier molecular flexibility index (Phi) is 2.34. The van der Waals surface area contributed by atoms with Gasteiger partial charge in [0, 0.05) is 11.1 Å². The van der Waals surface area contributed by atoms with Gasteiger partial charge in [-0.2, -0.15) is 0 Å². The first-order valence-electron chi connectivity index (χ1n) is 4.77. The van der Waals surface area contributed by atoms with Crippen molar-refractivity contribution in [2.45, 2.75) is 6.92 Å². The summed E-state index contributed by atoms with van der Waals surface area (Å²) in [5, 5.41) is 19.5. The Morgan fingerprint density at radius 1 is 0.800 bits per heavy atom. The molecule has 2 rings (SSSR count). The van der Waals surface area contributed by atoms with Crippen LogP contribution in [-0.4, -0.2) is 10.2 Å². The van der Waals surface area contributed by atoms with Gasteiger partial charge in [-0.3, -0.25) is 0 Å². The van der Waals surface area contributed by atoms with Gasteiger partial charge >= 0.3 is 0 Å². The Bertz CT molecular complexity index is 469. The predicted octanol–water partition coefficient (Wildman–Crippen LogP) is 3.07. The Hall–Kier alpha value is -1.96. The van der Waals surface area contributed by atoms with Gasteiger partial charge in [-0.25, -0.2) is 0 Å². The van der Waals surface area contributed by atoms with Gasteiger partial charge < -0.3 is 10.2 Å². The smallest absolute Gasteiger partial charge is 0.123 e. The maximum atomic E-state index is 9.76.